The number of hydrogen-bond acceptors (Lipinski definition) is 4. The number of piperidine rings is 1. The number of carbonyl (C=O) groups excluding carboxylic acids is 1. The van der Waals surface area contributed by atoms with Crippen LogP contribution in [-0.2, 0) is 0 Å². The zero-order valence-electron chi connectivity index (χ0n) is 12.5. The van der Waals surface area contributed by atoms with Gasteiger partial charge in [0, 0.05) is 19.6 Å². The molecule has 1 atom stereocenters. The molecular formula is C16H24N4O. The second-order valence-corrected chi connectivity index (χ2v) is 6.21. The van der Waals surface area contributed by atoms with Gasteiger partial charge in [0.2, 0.25) is 0 Å². The van der Waals surface area contributed by atoms with E-state index >= 15 is 0 Å². The Hall–Kier alpha value is -1.62. The third-order valence-electron chi connectivity index (χ3n) is 4.51. The molecule has 0 unspecified atom stereocenters. The lowest BCUT2D eigenvalue weighted by Gasteiger charge is -2.34. The van der Waals surface area contributed by atoms with Gasteiger partial charge in [0.1, 0.15) is 11.5 Å². The molecule has 2 aliphatic heterocycles. The monoisotopic (exact) mass is 288 g/mol. The van der Waals surface area contributed by atoms with Crippen LogP contribution in [0.25, 0.3) is 0 Å². The molecule has 2 saturated heterocycles. The van der Waals surface area contributed by atoms with Gasteiger partial charge in [-0.15, -0.1) is 0 Å². The Morgan fingerprint density at radius 1 is 1.24 bits per heavy atom. The Morgan fingerprint density at radius 2 is 2.05 bits per heavy atom. The van der Waals surface area contributed by atoms with Gasteiger partial charge in [-0.1, -0.05) is 6.07 Å². The first-order valence-electron chi connectivity index (χ1n) is 7.96. The van der Waals surface area contributed by atoms with Gasteiger partial charge < -0.3 is 15.5 Å². The molecule has 2 aliphatic rings. The third-order valence-corrected chi connectivity index (χ3v) is 4.51. The van der Waals surface area contributed by atoms with Crippen molar-refractivity contribution < 1.29 is 4.79 Å². The molecule has 1 amide bonds. The third kappa shape index (κ3) is 3.53. The smallest absolute Gasteiger partial charge is 0.272 e. The number of amides is 1. The fraction of sp³-hybridized carbons (Fsp3) is 0.625. The van der Waals surface area contributed by atoms with Crippen molar-refractivity contribution in [3.8, 4) is 0 Å². The highest BCUT2D eigenvalue weighted by Crippen LogP contribution is 2.21. The summed E-state index contributed by atoms with van der Waals surface area (Å²) in [6.07, 6.45) is 4.96. The Balaban J connectivity index is 1.61. The summed E-state index contributed by atoms with van der Waals surface area (Å²) in [5, 5.41) is 0. The zero-order valence-corrected chi connectivity index (χ0v) is 12.5. The first-order valence-corrected chi connectivity index (χ1v) is 7.96. The van der Waals surface area contributed by atoms with Crippen LogP contribution in [0.4, 0.5) is 5.82 Å². The number of hydrogen-bond donors (Lipinski definition) is 1. The standard InChI is InChI=1S/C16H24N4O/c17-15-7-3-6-14(18-15)16(21)20-10-4-5-13(12-20)11-19-8-1-2-9-19/h3,6-7,13H,1-2,4-5,8-12H2,(H2,17,18)/t13-/m1/s1. The minimum absolute atomic E-state index is 0.0217. The average Bonchev–Trinajstić information content (AvgIpc) is 3.00. The number of rotatable bonds is 3. The van der Waals surface area contributed by atoms with Crippen LogP contribution in [0.5, 0.6) is 0 Å². The summed E-state index contributed by atoms with van der Waals surface area (Å²) < 4.78 is 0. The molecule has 0 bridgehead atoms. The molecule has 21 heavy (non-hydrogen) atoms. The van der Waals surface area contributed by atoms with E-state index in [0.29, 0.717) is 17.4 Å². The summed E-state index contributed by atoms with van der Waals surface area (Å²) in [7, 11) is 0. The number of nitrogens with zero attached hydrogens (tertiary/aromatic N) is 3. The summed E-state index contributed by atoms with van der Waals surface area (Å²) >= 11 is 0. The number of nitrogens with two attached hydrogens (primary N) is 1. The second-order valence-electron chi connectivity index (χ2n) is 6.21. The van der Waals surface area contributed by atoms with Crippen LogP contribution in [0.3, 0.4) is 0 Å². The molecule has 3 heterocycles. The van der Waals surface area contributed by atoms with E-state index in [1.807, 2.05) is 4.90 Å². The van der Waals surface area contributed by atoms with Gasteiger partial charge in [0.25, 0.3) is 5.91 Å². The van der Waals surface area contributed by atoms with Gasteiger partial charge in [-0.25, -0.2) is 4.98 Å². The van der Waals surface area contributed by atoms with Crippen LogP contribution in [-0.4, -0.2) is 53.4 Å². The molecule has 5 nitrogen and oxygen atoms in total. The maximum absolute atomic E-state index is 12.5. The topological polar surface area (TPSA) is 62.5 Å². The second kappa shape index (κ2) is 6.43. The van der Waals surface area contributed by atoms with Crippen molar-refractivity contribution in [3.63, 3.8) is 0 Å². The quantitative estimate of drug-likeness (QED) is 0.918. The van der Waals surface area contributed by atoms with Crippen molar-refractivity contribution in [2.24, 2.45) is 5.92 Å². The molecule has 0 aliphatic carbocycles. The SMILES string of the molecule is Nc1cccc(C(=O)N2CCC[C@H](CN3CCCC3)C2)n1. The summed E-state index contributed by atoms with van der Waals surface area (Å²) in [5.74, 6) is 1.03. The molecule has 3 rings (SSSR count). The molecule has 5 heteroatoms. The van der Waals surface area contributed by atoms with Crippen LogP contribution in [0.2, 0.25) is 0 Å². The molecule has 114 valence electrons. The molecule has 2 fully saturated rings. The van der Waals surface area contributed by atoms with E-state index in [1.165, 1.54) is 32.4 Å². The van der Waals surface area contributed by atoms with Crippen molar-refractivity contribution in [1.29, 1.82) is 0 Å². The summed E-state index contributed by atoms with van der Waals surface area (Å²) in [6.45, 7) is 5.27. The maximum Gasteiger partial charge on any atom is 0.272 e. The molecule has 1 aromatic heterocycles. The van der Waals surface area contributed by atoms with Gasteiger partial charge in [0.15, 0.2) is 0 Å². The molecule has 0 aromatic carbocycles. The van der Waals surface area contributed by atoms with Gasteiger partial charge >= 0.3 is 0 Å². The van der Waals surface area contributed by atoms with E-state index in [4.69, 9.17) is 5.73 Å². The lowest BCUT2D eigenvalue weighted by Crippen LogP contribution is -2.43. The fourth-order valence-corrected chi connectivity index (χ4v) is 3.46. The maximum atomic E-state index is 12.5. The van der Waals surface area contributed by atoms with E-state index < -0.39 is 0 Å². The Morgan fingerprint density at radius 3 is 2.81 bits per heavy atom. The minimum atomic E-state index is 0.0217. The number of likely N-dealkylation sites (tertiary alicyclic amines) is 2. The predicted molar refractivity (Wildman–Crippen MR) is 83.0 cm³/mol. The van der Waals surface area contributed by atoms with Crippen molar-refractivity contribution in [2.45, 2.75) is 25.7 Å². The van der Waals surface area contributed by atoms with Crippen molar-refractivity contribution >= 4 is 11.7 Å². The Labute approximate surface area is 126 Å². The van der Waals surface area contributed by atoms with Crippen LogP contribution < -0.4 is 5.73 Å². The normalized spacial score (nSPS) is 23.4. The molecule has 0 saturated carbocycles. The number of anilines is 1. The van der Waals surface area contributed by atoms with Crippen LogP contribution >= 0.6 is 0 Å². The highest BCUT2D eigenvalue weighted by atomic mass is 16.2. The first kappa shape index (κ1) is 14.3. The highest BCUT2D eigenvalue weighted by molar-refractivity contribution is 5.92. The van der Waals surface area contributed by atoms with Crippen LogP contribution in [0.15, 0.2) is 18.2 Å². The summed E-state index contributed by atoms with van der Waals surface area (Å²) in [5.41, 5.74) is 6.14. The predicted octanol–water partition coefficient (Wildman–Crippen LogP) is 1.61. The van der Waals surface area contributed by atoms with E-state index in [9.17, 15) is 4.79 Å². The first-order chi connectivity index (χ1) is 10.2. The van der Waals surface area contributed by atoms with E-state index in [1.54, 1.807) is 18.2 Å². The van der Waals surface area contributed by atoms with Gasteiger partial charge in [-0.05, 0) is 56.8 Å². The molecule has 0 radical (unpaired) electrons. The largest absolute Gasteiger partial charge is 0.384 e. The molecule has 2 N–H and O–H groups in total. The van der Waals surface area contributed by atoms with Gasteiger partial charge in [0.05, 0.1) is 0 Å². The lowest BCUT2D eigenvalue weighted by molar-refractivity contribution is 0.0642. The van der Waals surface area contributed by atoms with Gasteiger partial charge in [-0.2, -0.15) is 0 Å². The van der Waals surface area contributed by atoms with Crippen molar-refractivity contribution in [1.82, 2.24) is 14.8 Å². The minimum Gasteiger partial charge on any atom is -0.384 e. The number of carbonyl (C=O) groups is 1. The van der Waals surface area contributed by atoms with E-state index in [0.717, 1.165) is 26.1 Å². The number of pyridine rings is 1. The molecule has 1 aromatic rings. The summed E-state index contributed by atoms with van der Waals surface area (Å²) in [6, 6.07) is 5.26. The summed E-state index contributed by atoms with van der Waals surface area (Å²) in [4.78, 5) is 21.2. The zero-order chi connectivity index (χ0) is 14.7. The van der Waals surface area contributed by atoms with Crippen molar-refractivity contribution in [2.75, 3.05) is 38.5 Å². The number of aromatic nitrogens is 1. The Kier molecular flexibility index (Phi) is 4.39. The lowest BCUT2D eigenvalue weighted by atomic mass is 9.97. The van der Waals surface area contributed by atoms with E-state index in [2.05, 4.69) is 9.88 Å². The average molecular weight is 288 g/mol. The Bertz CT molecular complexity index is 499. The van der Waals surface area contributed by atoms with Crippen LogP contribution in [0, 0.1) is 5.92 Å². The van der Waals surface area contributed by atoms with Gasteiger partial charge in [-0.3, -0.25) is 4.79 Å². The van der Waals surface area contributed by atoms with E-state index in [-0.39, 0.29) is 5.91 Å². The fourth-order valence-electron chi connectivity index (χ4n) is 3.46. The highest BCUT2D eigenvalue weighted by Gasteiger charge is 2.27. The number of nitrogen functional groups attached to an aromatic ring is 1. The van der Waals surface area contributed by atoms with Crippen molar-refractivity contribution in [3.05, 3.63) is 23.9 Å². The van der Waals surface area contributed by atoms with Crippen LogP contribution in [0.1, 0.15) is 36.2 Å². The molecular weight excluding hydrogens is 264 g/mol. The molecule has 0 spiro atoms.